The second kappa shape index (κ2) is 7.43. The Labute approximate surface area is 141 Å². The fourth-order valence-corrected chi connectivity index (χ4v) is 4.16. The van der Waals surface area contributed by atoms with Gasteiger partial charge in [0, 0.05) is 17.4 Å². The number of aromatic nitrogens is 1. The van der Waals surface area contributed by atoms with E-state index in [1.807, 2.05) is 6.07 Å². The maximum atomic E-state index is 13.5. The lowest BCUT2D eigenvalue weighted by atomic mass is 9.90. The molecule has 2 aromatic rings. The molecule has 0 amide bonds. The lowest BCUT2D eigenvalue weighted by Crippen LogP contribution is -2.05. The van der Waals surface area contributed by atoms with Crippen molar-refractivity contribution in [1.29, 1.82) is 0 Å². The van der Waals surface area contributed by atoms with Gasteiger partial charge in [-0.05, 0) is 30.4 Å². The average molecular weight is 333 g/mol. The van der Waals surface area contributed by atoms with Gasteiger partial charge in [-0.3, -0.25) is 0 Å². The molecule has 3 rings (SSSR count). The summed E-state index contributed by atoms with van der Waals surface area (Å²) in [5, 5.41) is 3.32. The fraction of sp³-hybridized carbons (Fsp3) is 0.526. The molecule has 23 heavy (non-hydrogen) atoms. The van der Waals surface area contributed by atoms with Gasteiger partial charge in [0.2, 0.25) is 0 Å². The minimum absolute atomic E-state index is 0.259. The normalized spacial score (nSPS) is 16.0. The predicted molar refractivity (Wildman–Crippen MR) is 92.8 cm³/mol. The maximum absolute atomic E-state index is 13.5. The minimum atomic E-state index is -0.259. The van der Waals surface area contributed by atoms with Crippen molar-refractivity contribution >= 4 is 11.3 Å². The van der Waals surface area contributed by atoms with Crippen LogP contribution in [-0.2, 0) is 6.61 Å². The quantitative estimate of drug-likeness (QED) is 0.666. The van der Waals surface area contributed by atoms with E-state index in [0.717, 1.165) is 11.3 Å². The van der Waals surface area contributed by atoms with Gasteiger partial charge in [-0.2, -0.15) is 0 Å². The molecular weight excluding hydrogens is 309 g/mol. The van der Waals surface area contributed by atoms with Gasteiger partial charge in [-0.25, -0.2) is 9.37 Å². The Morgan fingerprint density at radius 1 is 1.26 bits per heavy atom. The first-order valence-electron chi connectivity index (χ1n) is 8.50. The largest absolute Gasteiger partial charge is 0.487 e. The average Bonchev–Trinajstić information content (AvgIpc) is 3.02. The van der Waals surface area contributed by atoms with E-state index >= 15 is 0 Å². The van der Waals surface area contributed by atoms with E-state index in [9.17, 15) is 4.39 Å². The van der Waals surface area contributed by atoms with Gasteiger partial charge in [0.05, 0.1) is 10.7 Å². The van der Waals surface area contributed by atoms with Crippen molar-refractivity contribution in [1.82, 2.24) is 4.98 Å². The molecule has 0 aliphatic heterocycles. The molecule has 1 fully saturated rings. The van der Waals surface area contributed by atoms with E-state index in [1.165, 1.54) is 49.2 Å². The summed E-state index contributed by atoms with van der Waals surface area (Å²) < 4.78 is 19.4. The molecule has 124 valence electrons. The van der Waals surface area contributed by atoms with Crippen molar-refractivity contribution in [2.75, 3.05) is 0 Å². The zero-order valence-electron chi connectivity index (χ0n) is 13.8. The van der Waals surface area contributed by atoms with Gasteiger partial charge in [0.25, 0.3) is 0 Å². The van der Waals surface area contributed by atoms with Crippen molar-refractivity contribution < 1.29 is 9.13 Å². The topological polar surface area (TPSA) is 22.1 Å². The van der Waals surface area contributed by atoms with Gasteiger partial charge in [-0.1, -0.05) is 39.2 Å². The van der Waals surface area contributed by atoms with E-state index in [2.05, 4.69) is 19.2 Å². The number of hydrogen-bond acceptors (Lipinski definition) is 3. The molecule has 1 aromatic heterocycles. The van der Waals surface area contributed by atoms with Gasteiger partial charge in [0.1, 0.15) is 18.2 Å². The van der Waals surface area contributed by atoms with Crippen LogP contribution in [0, 0.1) is 5.82 Å². The number of ether oxygens (including phenoxy) is 1. The highest BCUT2D eigenvalue weighted by atomic mass is 32.1. The SMILES string of the molecule is CC(C)c1ccc(F)cc1OCc1csc(C2CCCCC2)n1. The molecule has 0 spiro atoms. The first-order chi connectivity index (χ1) is 11.1. The smallest absolute Gasteiger partial charge is 0.131 e. The molecule has 1 aromatic carbocycles. The third-order valence-corrected chi connectivity index (χ3v) is 5.55. The molecule has 0 bridgehead atoms. The molecule has 1 aliphatic rings. The molecule has 0 unspecified atom stereocenters. The lowest BCUT2D eigenvalue weighted by molar-refractivity contribution is 0.295. The number of thiazole rings is 1. The maximum Gasteiger partial charge on any atom is 0.131 e. The summed E-state index contributed by atoms with van der Waals surface area (Å²) in [5.74, 6) is 1.31. The van der Waals surface area contributed by atoms with Gasteiger partial charge >= 0.3 is 0 Å². The van der Waals surface area contributed by atoms with Crippen LogP contribution >= 0.6 is 11.3 Å². The van der Waals surface area contributed by atoms with E-state index in [-0.39, 0.29) is 5.82 Å². The van der Waals surface area contributed by atoms with E-state index in [0.29, 0.717) is 24.2 Å². The molecule has 1 heterocycles. The summed E-state index contributed by atoms with van der Waals surface area (Å²) in [4.78, 5) is 4.75. The zero-order chi connectivity index (χ0) is 16.2. The van der Waals surface area contributed by atoms with Crippen LogP contribution < -0.4 is 4.74 Å². The number of hydrogen-bond donors (Lipinski definition) is 0. The van der Waals surface area contributed by atoms with Gasteiger partial charge in [0.15, 0.2) is 0 Å². The molecule has 2 nitrogen and oxygen atoms in total. The molecule has 0 N–H and O–H groups in total. The minimum Gasteiger partial charge on any atom is -0.487 e. The van der Waals surface area contributed by atoms with Crippen LogP contribution in [0.25, 0.3) is 0 Å². The highest BCUT2D eigenvalue weighted by Gasteiger charge is 2.19. The van der Waals surface area contributed by atoms with Crippen molar-refractivity contribution in [2.45, 2.75) is 64.4 Å². The Morgan fingerprint density at radius 3 is 2.78 bits per heavy atom. The fourth-order valence-electron chi connectivity index (χ4n) is 3.19. The Bertz CT molecular complexity index is 647. The second-order valence-corrected chi connectivity index (χ2v) is 7.53. The summed E-state index contributed by atoms with van der Waals surface area (Å²) in [7, 11) is 0. The van der Waals surface area contributed by atoms with Crippen molar-refractivity contribution in [3.63, 3.8) is 0 Å². The number of rotatable bonds is 5. The highest BCUT2D eigenvalue weighted by molar-refractivity contribution is 7.09. The van der Waals surface area contributed by atoms with Crippen LogP contribution in [0.4, 0.5) is 4.39 Å². The molecule has 1 saturated carbocycles. The van der Waals surface area contributed by atoms with Crippen LogP contribution in [0.2, 0.25) is 0 Å². The zero-order valence-corrected chi connectivity index (χ0v) is 14.7. The summed E-state index contributed by atoms with van der Waals surface area (Å²) in [6.07, 6.45) is 6.51. The van der Waals surface area contributed by atoms with E-state index < -0.39 is 0 Å². The van der Waals surface area contributed by atoms with Crippen LogP contribution in [-0.4, -0.2) is 4.98 Å². The van der Waals surface area contributed by atoms with E-state index in [4.69, 9.17) is 9.72 Å². The van der Waals surface area contributed by atoms with Crippen LogP contribution in [0.1, 0.15) is 74.1 Å². The first kappa shape index (κ1) is 16.4. The van der Waals surface area contributed by atoms with Crippen LogP contribution in [0.15, 0.2) is 23.6 Å². The lowest BCUT2D eigenvalue weighted by Gasteiger charge is -2.18. The summed E-state index contributed by atoms with van der Waals surface area (Å²) in [5.41, 5.74) is 1.99. The predicted octanol–water partition coefficient (Wildman–Crippen LogP) is 6.03. The molecule has 0 atom stereocenters. The molecule has 0 saturated heterocycles. The van der Waals surface area contributed by atoms with Gasteiger partial charge in [-0.15, -0.1) is 11.3 Å². The Balaban J connectivity index is 1.67. The molecular formula is C19H24FNOS. The van der Waals surface area contributed by atoms with Crippen molar-refractivity contribution in [3.05, 3.63) is 45.7 Å². The standard InChI is InChI=1S/C19H24FNOS/c1-13(2)17-9-8-15(20)10-18(17)22-11-16-12-23-19(21-16)14-6-4-3-5-7-14/h8-10,12-14H,3-7,11H2,1-2H3. The summed E-state index contributed by atoms with van der Waals surface area (Å²) in [6, 6.07) is 4.78. The Hall–Kier alpha value is -1.42. The molecule has 4 heteroatoms. The number of benzene rings is 1. The number of nitrogens with zero attached hydrogens (tertiary/aromatic N) is 1. The Kier molecular flexibility index (Phi) is 5.31. The highest BCUT2D eigenvalue weighted by Crippen LogP contribution is 2.34. The third-order valence-electron chi connectivity index (χ3n) is 4.50. The molecule has 1 aliphatic carbocycles. The summed E-state index contributed by atoms with van der Waals surface area (Å²) >= 11 is 1.74. The third kappa shape index (κ3) is 4.11. The molecule has 0 radical (unpaired) electrons. The summed E-state index contributed by atoms with van der Waals surface area (Å²) in [6.45, 7) is 4.58. The number of halogens is 1. The first-order valence-corrected chi connectivity index (χ1v) is 9.38. The Morgan fingerprint density at radius 2 is 2.04 bits per heavy atom. The van der Waals surface area contributed by atoms with Crippen LogP contribution in [0.3, 0.4) is 0 Å². The van der Waals surface area contributed by atoms with Crippen molar-refractivity contribution in [2.24, 2.45) is 0 Å². The second-order valence-electron chi connectivity index (χ2n) is 6.64. The van der Waals surface area contributed by atoms with Crippen molar-refractivity contribution in [3.8, 4) is 5.75 Å². The van der Waals surface area contributed by atoms with Crippen LogP contribution in [0.5, 0.6) is 5.75 Å². The monoisotopic (exact) mass is 333 g/mol. The van der Waals surface area contributed by atoms with Gasteiger partial charge < -0.3 is 4.74 Å². The van der Waals surface area contributed by atoms with E-state index in [1.54, 1.807) is 11.3 Å².